The van der Waals surface area contributed by atoms with E-state index in [9.17, 15) is 14.4 Å². The predicted octanol–water partition coefficient (Wildman–Crippen LogP) is 3.96. The van der Waals surface area contributed by atoms with Gasteiger partial charge in [0.2, 0.25) is 5.91 Å². The number of hydrogen-bond acceptors (Lipinski definition) is 6. The first-order valence-corrected chi connectivity index (χ1v) is 10.8. The number of anilines is 2. The molecule has 0 fully saturated rings. The van der Waals surface area contributed by atoms with E-state index in [0.29, 0.717) is 44.4 Å². The van der Waals surface area contributed by atoms with E-state index in [1.807, 2.05) is 6.07 Å². The number of ether oxygens (including phenoxy) is 2. The Bertz CT molecular complexity index is 1470. The number of methoxy groups -OCH3 is 2. The van der Waals surface area contributed by atoms with Crippen LogP contribution in [0, 0.1) is 0 Å². The fourth-order valence-corrected chi connectivity index (χ4v) is 3.63. The minimum atomic E-state index is -0.483. The number of hydrogen-bond donors (Lipinski definition) is 2. The van der Waals surface area contributed by atoms with Gasteiger partial charge in [-0.3, -0.25) is 19.0 Å². The molecule has 0 saturated carbocycles. The Morgan fingerprint density at radius 1 is 0.943 bits per heavy atom. The molecule has 10 heteroatoms. The Morgan fingerprint density at radius 2 is 1.60 bits per heavy atom. The number of carbonyl (C=O) groups is 2. The Kier molecular flexibility index (Phi) is 6.98. The average molecular weight is 493 g/mol. The Labute approximate surface area is 205 Å². The second kappa shape index (κ2) is 10.3. The van der Waals surface area contributed by atoms with E-state index in [1.165, 1.54) is 31.2 Å². The largest absolute Gasteiger partial charge is 0.494 e. The van der Waals surface area contributed by atoms with Crippen LogP contribution in [0.15, 0.2) is 71.8 Å². The molecule has 0 radical (unpaired) electrons. The van der Waals surface area contributed by atoms with E-state index in [2.05, 4.69) is 15.6 Å². The second-order valence-electron chi connectivity index (χ2n) is 7.46. The van der Waals surface area contributed by atoms with Gasteiger partial charge in [-0.2, -0.15) is 0 Å². The molecule has 4 rings (SSSR count). The molecule has 1 aromatic heterocycles. The summed E-state index contributed by atoms with van der Waals surface area (Å²) in [7, 11) is 2.88. The number of halogens is 1. The van der Waals surface area contributed by atoms with Crippen LogP contribution in [0.2, 0.25) is 5.02 Å². The molecule has 2 N–H and O–H groups in total. The van der Waals surface area contributed by atoms with Crippen LogP contribution in [-0.2, 0) is 11.3 Å². The van der Waals surface area contributed by atoms with Crippen LogP contribution >= 0.6 is 11.6 Å². The first-order chi connectivity index (χ1) is 16.9. The molecule has 0 spiro atoms. The number of carbonyl (C=O) groups excluding carboxylic acids is 2. The standard InChI is InChI=1S/C25H21ClN4O5/c1-34-21-12-20(29-24(32)15-6-4-3-5-7-15)22(35-2)11-19(21)28-23(31)13-30-14-27-18-10-16(26)8-9-17(18)25(30)33/h3-12,14H,13H2,1-2H3,(H,28,31)(H,29,32). The van der Waals surface area contributed by atoms with Gasteiger partial charge in [-0.15, -0.1) is 0 Å². The van der Waals surface area contributed by atoms with Crippen LogP contribution in [0.25, 0.3) is 10.9 Å². The number of amides is 2. The van der Waals surface area contributed by atoms with Gasteiger partial charge < -0.3 is 20.1 Å². The van der Waals surface area contributed by atoms with Gasteiger partial charge in [-0.1, -0.05) is 29.8 Å². The molecule has 0 aliphatic heterocycles. The molecule has 3 aromatic carbocycles. The summed E-state index contributed by atoms with van der Waals surface area (Å²) in [6, 6.07) is 16.5. The van der Waals surface area contributed by atoms with Crippen LogP contribution in [-0.4, -0.2) is 35.6 Å². The van der Waals surface area contributed by atoms with Crippen LogP contribution in [0.5, 0.6) is 11.5 Å². The summed E-state index contributed by atoms with van der Waals surface area (Å²) in [5.74, 6) is -0.205. The van der Waals surface area contributed by atoms with Crippen molar-refractivity contribution in [3.63, 3.8) is 0 Å². The van der Waals surface area contributed by atoms with E-state index in [1.54, 1.807) is 48.5 Å². The molecule has 9 nitrogen and oxygen atoms in total. The average Bonchev–Trinajstić information content (AvgIpc) is 2.86. The van der Waals surface area contributed by atoms with Gasteiger partial charge in [0.25, 0.3) is 11.5 Å². The third-order valence-electron chi connectivity index (χ3n) is 5.18. The molecule has 0 aliphatic carbocycles. The number of rotatable bonds is 7. The SMILES string of the molecule is COc1cc(NC(=O)c2ccccc2)c(OC)cc1NC(=O)Cn1cnc2cc(Cl)ccc2c1=O. The van der Waals surface area contributed by atoms with Crippen LogP contribution in [0.3, 0.4) is 0 Å². The highest BCUT2D eigenvalue weighted by Crippen LogP contribution is 2.36. The van der Waals surface area contributed by atoms with Gasteiger partial charge in [-0.05, 0) is 30.3 Å². The van der Waals surface area contributed by atoms with E-state index in [4.69, 9.17) is 21.1 Å². The quantitative estimate of drug-likeness (QED) is 0.404. The number of aromatic nitrogens is 2. The van der Waals surface area contributed by atoms with E-state index in [-0.39, 0.29) is 18.0 Å². The zero-order valence-corrected chi connectivity index (χ0v) is 19.6. The van der Waals surface area contributed by atoms with E-state index < -0.39 is 5.91 Å². The number of nitrogens with zero attached hydrogens (tertiary/aromatic N) is 2. The van der Waals surface area contributed by atoms with Crippen molar-refractivity contribution in [1.29, 1.82) is 0 Å². The summed E-state index contributed by atoms with van der Waals surface area (Å²) in [5, 5.41) is 6.31. The van der Waals surface area contributed by atoms with Gasteiger partial charge in [0.1, 0.15) is 18.0 Å². The minimum absolute atomic E-state index is 0.275. The third-order valence-corrected chi connectivity index (χ3v) is 5.42. The lowest BCUT2D eigenvalue weighted by Gasteiger charge is -2.16. The van der Waals surface area contributed by atoms with Crippen molar-refractivity contribution >= 4 is 45.7 Å². The smallest absolute Gasteiger partial charge is 0.261 e. The van der Waals surface area contributed by atoms with Crippen LogP contribution in [0.4, 0.5) is 11.4 Å². The Balaban J connectivity index is 1.56. The Morgan fingerprint density at radius 3 is 2.26 bits per heavy atom. The summed E-state index contributed by atoms with van der Waals surface area (Å²) >= 11 is 5.95. The van der Waals surface area contributed by atoms with Crippen molar-refractivity contribution in [2.45, 2.75) is 6.54 Å². The maximum atomic E-state index is 12.8. The molecular weight excluding hydrogens is 472 g/mol. The van der Waals surface area contributed by atoms with Gasteiger partial charge in [0.05, 0.1) is 42.8 Å². The van der Waals surface area contributed by atoms with E-state index >= 15 is 0 Å². The van der Waals surface area contributed by atoms with Crippen LogP contribution < -0.4 is 25.7 Å². The normalized spacial score (nSPS) is 10.6. The molecule has 4 aromatic rings. The molecule has 0 saturated heterocycles. The van der Waals surface area contributed by atoms with Crippen molar-refractivity contribution in [2.75, 3.05) is 24.9 Å². The van der Waals surface area contributed by atoms with Crippen molar-refractivity contribution in [3.8, 4) is 11.5 Å². The lowest BCUT2D eigenvalue weighted by molar-refractivity contribution is -0.116. The molecule has 1 heterocycles. The molecular formula is C25H21ClN4O5. The highest BCUT2D eigenvalue weighted by molar-refractivity contribution is 6.31. The van der Waals surface area contributed by atoms with Gasteiger partial charge in [-0.25, -0.2) is 4.98 Å². The topological polar surface area (TPSA) is 112 Å². The minimum Gasteiger partial charge on any atom is -0.494 e. The molecule has 2 amide bonds. The van der Waals surface area contributed by atoms with Crippen molar-refractivity contribution in [1.82, 2.24) is 9.55 Å². The predicted molar refractivity (Wildman–Crippen MR) is 134 cm³/mol. The lowest BCUT2D eigenvalue weighted by atomic mass is 10.2. The molecule has 0 bridgehead atoms. The number of nitrogens with one attached hydrogen (secondary N) is 2. The van der Waals surface area contributed by atoms with E-state index in [0.717, 1.165) is 0 Å². The molecule has 0 atom stereocenters. The van der Waals surface area contributed by atoms with Gasteiger partial charge in [0.15, 0.2) is 0 Å². The molecule has 178 valence electrons. The fourth-order valence-electron chi connectivity index (χ4n) is 3.47. The van der Waals surface area contributed by atoms with Crippen molar-refractivity contribution in [3.05, 3.63) is 87.9 Å². The number of benzene rings is 3. The monoisotopic (exact) mass is 492 g/mol. The summed E-state index contributed by atoms with van der Waals surface area (Å²) < 4.78 is 12.0. The maximum absolute atomic E-state index is 12.8. The third kappa shape index (κ3) is 5.25. The summed E-state index contributed by atoms with van der Waals surface area (Å²) in [4.78, 5) is 42.3. The van der Waals surface area contributed by atoms with Gasteiger partial charge in [0, 0.05) is 22.7 Å². The van der Waals surface area contributed by atoms with Crippen molar-refractivity contribution < 1.29 is 19.1 Å². The second-order valence-corrected chi connectivity index (χ2v) is 7.90. The first-order valence-electron chi connectivity index (χ1n) is 10.5. The maximum Gasteiger partial charge on any atom is 0.261 e. The summed E-state index contributed by atoms with van der Waals surface area (Å²) in [6.45, 7) is -0.275. The molecule has 0 aliphatic rings. The molecule has 35 heavy (non-hydrogen) atoms. The zero-order valence-electron chi connectivity index (χ0n) is 18.9. The summed E-state index contributed by atoms with van der Waals surface area (Å²) in [6.07, 6.45) is 1.29. The molecule has 0 unspecified atom stereocenters. The number of fused-ring (bicyclic) bond motifs is 1. The highest BCUT2D eigenvalue weighted by atomic mass is 35.5. The fraction of sp³-hybridized carbons (Fsp3) is 0.120. The lowest BCUT2D eigenvalue weighted by Crippen LogP contribution is -2.28. The van der Waals surface area contributed by atoms with Gasteiger partial charge >= 0.3 is 0 Å². The van der Waals surface area contributed by atoms with Crippen LogP contribution in [0.1, 0.15) is 10.4 Å². The summed E-state index contributed by atoms with van der Waals surface area (Å²) in [5.41, 5.74) is 1.22. The highest BCUT2D eigenvalue weighted by Gasteiger charge is 2.17. The first kappa shape index (κ1) is 23.8. The van der Waals surface area contributed by atoms with Crippen molar-refractivity contribution in [2.24, 2.45) is 0 Å². The Hall–Kier alpha value is -4.37. The zero-order chi connectivity index (χ0) is 24.9.